The average molecular weight is 383 g/mol. The lowest BCUT2D eigenvalue weighted by atomic mass is 10.2. The molecule has 1 saturated heterocycles. The van der Waals surface area contributed by atoms with Gasteiger partial charge in [-0.15, -0.1) is 0 Å². The van der Waals surface area contributed by atoms with E-state index in [1.807, 2.05) is 41.2 Å². The zero-order chi connectivity index (χ0) is 19.8. The summed E-state index contributed by atoms with van der Waals surface area (Å²) in [4.78, 5) is 27.2. The maximum atomic E-state index is 11.9. The number of aromatic nitrogens is 6. The first-order chi connectivity index (χ1) is 13.5. The Hall–Kier alpha value is -2.97. The van der Waals surface area contributed by atoms with Crippen LogP contribution in [-0.2, 0) is 18.4 Å². The normalized spacial score (nSPS) is 16.9. The first-order valence-corrected chi connectivity index (χ1v) is 9.68. The van der Waals surface area contributed by atoms with Crippen molar-refractivity contribution in [3.05, 3.63) is 18.2 Å². The van der Waals surface area contributed by atoms with E-state index >= 15 is 0 Å². The largest absolute Gasteiger partial charge is 0.471 e. The van der Waals surface area contributed by atoms with Crippen LogP contribution >= 0.6 is 0 Å². The lowest BCUT2D eigenvalue weighted by Gasteiger charge is -2.16. The molecule has 0 bridgehead atoms. The van der Waals surface area contributed by atoms with Gasteiger partial charge < -0.3 is 14.2 Å². The monoisotopic (exact) mass is 383 g/mol. The molecular weight excluding hydrogens is 358 g/mol. The van der Waals surface area contributed by atoms with Gasteiger partial charge in [0.05, 0.1) is 18.3 Å². The number of rotatable bonds is 5. The summed E-state index contributed by atoms with van der Waals surface area (Å²) < 4.78 is 10.0. The summed E-state index contributed by atoms with van der Waals surface area (Å²) >= 11 is 0. The van der Waals surface area contributed by atoms with Crippen LogP contribution in [0, 0.1) is 6.92 Å². The van der Waals surface area contributed by atoms with Gasteiger partial charge in [0.25, 0.3) is 0 Å². The van der Waals surface area contributed by atoms with Crippen LogP contribution in [0.15, 0.2) is 12.5 Å². The predicted molar refractivity (Wildman–Crippen MR) is 104 cm³/mol. The average Bonchev–Trinajstić information content (AvgIpc) is 3.40. The molecule has 9 heteroatoms. The second-order valence-electron chi connectivity index (χ2n) is 7.03. The Labute approximate surface area is 163 Å². The number of nitrogens with zero attached hydrogens (tertiary/aromatic N) is 7. The van der Waals surface area contributed by atoms with Crippen LogP contribution in [-0.4, -0.2) is 59.3 Å². The van der Waals surface area contributed by atoms with E-state index in [2.05, 4.69) is 22.0 Å². The van der Waals surface area contributed by atoms with E-state index in [9.17, 15) is 4.79 Å². The second-order valence-corrected chi connectivity index (χ2v) is 7.03. The summed E-state index contributed by atoms with van der Waals surface area (Å²) in [5, 5.41) is 4.42. The van der Waals surface area contributed by atoms with Crippen LogP contribution < -0.4 is 4.74 Å². The fraction of sp³-hybridized carbons (Fsp3) is 0.526. The number of amides is 1. The minimum Gasteiger partial charge on any atom is -0.471 e. The Morgan fingerprint density at radius 1 is 1.32 bits per heavy atom. The highest BCUT2D eigenvalue weighted by Crippen LogP contribution is 2.29. The third-order valence-corrected chi connectivity index (χ3v) is 5.34. The number of aryl methyl sites for hydroxylation is 2. The Kier molecular flexibility index (Phi) is 4.74. The van der Waals surface area contributed by atoms with Gasteiger partial charge in [-0.05, 0) is 13.8 Å². The smallest absolute Gasteiger partial charge is 0.245 e. The number of carbonyl (C=O) groups is 1. The molecule has 4 rings (SSSR count). The summed E-state index contributed by atoms with van der Waals surface area (Å²) in [5.41, 5.74) is 3.36. The number of hydrogen-bond acceptors (Lipinski definition) is 6. The highest BCUT2D eigenvalue weighted by atomic mass is 16.5. The van der Waals surface area contributed by atoms with Crippen molar-refractivity contribution < 1.29 is 9.53 Å². The third kappa shape index (κ3) is 3.00. The van der Waals surface area contributed by atoms with Gasteiger partial charge in [0, 0.05) is 38.7 Å². The maximum Gasteiger partial charge on any atom is 0.245 e. The first-order valence-electron chi connectivity index (χ1n) is 9.68. The molecule has 3 aromatic heterocycles. The number of hydrogen-bond donors (Lipinski definition) is 0. The number of carbonyl (C=O) groups excluding carboxylic acids is 1. The molecule has 1 aliphatic heterocycles. The van der Waals surface area contributed by atoms with Gasteiger partial charge in [0.1, 0.15) is 18.3 Å². The molecule has 3 aromatic rings. The van der Waals surface area contributed by atoms with E-state index in [4.69, 9.17) is 9.72 Å². The molecule has 0 aromatic carbocycles. The molecule has 1 atom stereocenters. The summed E-state index contributed by atoms with van der Waals surface area (Å²) in [7, 11) is 1.93. The first kappa shape index (κ1) is 18.4. The molecule has 1 amide bonds. The zero-order valence-corrected chi connectivity index (χ0v) is 16.7. The highest BCUT2D eigenvalue weighted by Gasteiger charge is 2.28. The van der Waals surface area contributed by atoms with Crippen LogP contribution in [0.3, 0.4) is 0 Å². The van der Waals surface area contributed by atoms with Crippen molar-refractivity contribution >= 4 is 17.1 Å². The minimum atomic E-state index is -0.0800. The molecule has 1 fully saturated rings. The van der Waals surface area contributed by atoms with Crippen LogP contribution in [0.25, 0.3) is 22.6 Å². The molecule has 148 valence electrons. The number of imidazole rings is 1. The van der Waals surface area contributed by atoms with Crippen LogP contribution in [0.4, 0.5) is 0 Å². The summed E-state index contributed by atoms with van der Waals surface area (Å²) in [6, 6.07) is 0. The van der Waals surface area contributed by atoms with Gasteiger partial charge in [0.2, 0.25) is 11.8 Å². The van der Waals surface area contributed by atoms with Crippen molar-refractivity contribution in [2.24, 2.45) is 7.05 Å². The standard InChI is InChI=1S/C19H25N7O2/c1-5-15(27)25-8-7-13(10-25)28-19-16-18(20-11-21-19)24(4)17(23-16)14-9-22-26(6-2)12(14)3/h9,11,13H,5-8,10H2,1-4H3/t13-/m0/s1. The molecule has 0 saturated carbocycles. The van der Waals surface area contributed by atoms with Gasteiger partial charge in [0.15, 0.2) is 11.2 Å². The van der Waals surface area contributed by atoms with Crippen LogP contribution in [0.5, 0.6) is 5.88 Å². The molecular formula is C19H25N7O2. The lowest BCUT2D eigenvalue weighted by molar-refractivity contribution is -0.130. The van der Waals surface area contributed by atoms with Crippen molar-refractivity contribution in [3.8, 4) is 17.3 Å². The van der Waals surface area contributed by atoms with Gasteiger partial charge in [-0.3, -0.25) is 9.48 Å². The molecule has 1 aliphatic rings. The molecule has 28 heavy (non-hydrogen) atoms. The summed E-state index contributed by atoms with van der Waals surface area (Å²) in [6.07, 6.45) is 4.55. The van der Waals surface area contributed by atoms with E-state index in [0.717, 1.165) is 30.0 Å². The Balaban J connectivity index is 1.66. The molecule has 0 unspecified atom stereocenters. The van der Waals surface area contributed by atoms with E-state index in [1.165, 1.54) is 6.33 Å². The van der Waals surface area contributed by atoms with E-state index in [-0.39, 0.29) is 12.0 Å². The van der Waals surface area contributed by atoms with Gasteiger partial charge in [-0.1, -0.05) is 6.92 Å². The maximum absolute atomic E-state index is 11.9. The third-order valence-electron chi connectivity index (χ3n) is 5.34. The molecule has 0 aliphatic carbocycles. The Morgan fingerprint density at radius 3 is 2.86 bits per heavy atom. The van der Waals surface area contributed by atoms with Gasteiger partial charge in [-0.25, -0.2) is 9.97 Å². The molecule has 4 heterocycles. The number of ether oxygens (including phenoxy) is 1. The van der Waals surface area contributed by atoms with Gasteiger partial charge >= 0.3 is 0 Å². The fourth-order valence-electron chi connectivity index (χ4n) is 3.72. The molecule has 0 radical (unpaired) electrons. The molecule has 9 nitrogen and oxygen atoms in total. The van der Waals surface area contributed by atoms with Crippen LogP contribution in [0.1, 0.15) is 32.4 Å². The number of likely N-dealkylation sites (tertiary alicyclic amines) is 1. The van der Waals surface area contributed by atoms with Crippen LogP contribution in [0.2, 0.25) is 0 Å². The minimum absolute atomic E-state index is 0.0800. The zero-order valence-electron chi connectivity index (χ0n) is 16.7. The van der Waals surface area contributed by atoms with E-state index in [1.54, 1.807) is 0 Å². The quantitative estimate of drug-likeness (QED) is 0.669. The van der Waals surface area contributed by atoms with Crippen molar-refractivity contribution in [2.75, 3.05) is 13.1 Å². The predicted octanol–water partition coefficient (Wildman–Crippen LogP) is 1.94. The van der Waals surface area contributed by atoms with E-state index < -0.39 is 0 Å². The van der Waals surface area contributed by atoms with Crippen molar-refractivity contribution in [1.29, 1.82) is 0 Å². The van der Waals surface area contributed by atoms with Crippen molar-refractivity contribution in [1.82, 2.24) is 34.2 Å². The van der Waals surface area contributed by atoms with Gasteiger partial charge in [-0.2, -0.15) is 10.1 Å². The molecule has 0 spiro atoms. The van der Waals surface area contributed by atoms with E-state index in [0.29, 0.717) is 36.6 Å². The lowest BCUT2D eigenvalue weighted by Crippen LogP contribution is -2.30. The highest BCUT2D eigenvalue weighted by molar-refractivity contribution is 5.81. The number of fused-ring (bicyclic) bond motifs is 1. The fourth-order valence-corrected chi connectivity index (χ4v) is 3.72. The Morgan fingerprint density at radius 2 is 2.14 bits per heavy atom. The Bertz CT molecular complexity index is 1020. The summed E-state index contributed by atoms with van der Waals surface area (Å²) in [6.45, 7) is 8.08. The molecule has 0 N–H and O–H groups in total. The van der Waals surface area contributed by atoms with Crippen molar-refractivity contribution in [3.63, 3.8) is 0 Å². The second kappa shape index (κ2) is 7.21. The SMILES string of the molecule is CCC(=O)N1CC[C@H](Oc2ncnc3c2nc(-c2cnn(CC)c2C)n3C)C1. The summed E-state index contributed by atoms with van der Waals surface area (Å²) in [5.74, 6) is 1.40. The van der Waals surface area contributed by atoms with Crippen molar-refractivity contribution in [2.45, 2.75) is 46.3 Å². The topological polar surface area (TPSA) is 91.0 Å².